The Balaban J connectivity index is 1.82. The van der Waals surface area contributed by atoms with Gasteiger partial charge in [0, 0.05) is 24.1 Å². The Hall–Kier alpha value is -0.970. The molecule has 0 saturated carbocycles. The van der Waals surface area contributed by atoms with Crippen molar-refractivity contribution in [2.75, 3.05) is 6.54 Å². The highest BCUT2D eigenvalue weighted by Gasteiger charge is 2.28. The Bertz CT molecular complexity index is 569. The van der Waals surface area contributed by atoms with Crippen LogP contribution in [0, 0.1) is 6.92 Å². The number of aryl methyl sites for hydroxylation is 1. The molecule has 0 aliphatic carbocycles. The molecule has 0 bridgehead atoms. The van der Waals surface area contributed by atoms with Crippen molar-refractivity contribution in [1.29, 1.82) is 0 Å². The second kappa shape index (κ2) is 5.57. The lowest BCUT2D eigenvalue weighted by Crippen LogP contribution is -2.23. The first-order valence-corrected chi connectivity index (χ1v) is 7.67. The molecule has 1 atom stereocenters. The van der Waals surface area contributed by atoms with Gasteiger partial charge in [-0.25, -0.2) is 0 Å². The Labute approximate surface area is 122 Å². The van der Waals surface area contributed by atoms with Crippen LogP contribution >= 0.6 is 23.1 Å². The van der Waals surface area contributed by atoms with Crippen LogP contribution in [0.5, 0.6) is 0 Å². The SMILES string of the molecule is Cc1ccccc1C1CCCN1Cc1nnsc1Cl. The topological polar surface area (TPSA) is 29.0 Å². The van der Waals surface area contributed by atoms with Crippen LogP contribution in [-0.2, 0) is 6.54 Å². The van der Waals surface area contributed by atoms with Crippen molar-refractivity contribution in [3.05, 3.63) is 45.4 Å². The number of halogens is 1. The molecule has 0 spiro atoms. The first-order chi connectivity index (χ1) is 9.25. The molecule has 2 aromatic rings. The van der Waals surface area contributed by atoms with Crippen LogP contribution in [0.3, 0.4) is 0 Å². The quantitative estimate of drug-likeness (QED) is 0.861. The molecule has 0 N–H and O–H groups in total. The van der Waals surface area contributed by atoms with Crippen LogP contribution in [0.15, 0.2) is 24.3 Å². The molecule has 100 valence electrons. The maximum atomic E-state index is 6.11. The number of likely N-dealkylation sites (tertiary alicyclic amines) is 1. The molecule has 1 aromatic carbocycles. The molecule has 3 nitrogen and oxygen atoms in total. The van der Waals surface area contributed by atoms with Gasteiger partial charge in [0.25, 0.3) is 0 Å². The highest BCUT2D eigenvalue weighted by Crippen LogP contribution is 2.35. The summed E-state index contributed by atoms with van der Waals surface area (Å²) in [5.74, 6) is 0. The van der Waals surface area contributed by atoms with Gasteiger partial charge < -0.3 is 0 Å². The second-order valence-electron chi connectivity index (χ2n) is 4.98. The van der Waals surface area contributed by atoms with Crippen molar-refractivity contribution < 1.29 is 0 Å². The molecule has 0 amide bonds. The molecule has 3 rings (SSSR count). The number of rotatable bonds is 3. The molecular weight excluding hydrogens is 278 g/mol. The third-order valence-electron chi connectivity index (χ3n) is 3.77. The average Bonchev–Trinajstić information content (AvgIpc) is 3.01. The fraction of sp³-hybridized carbons (Fsp3) is 0.429. The molecule has 1 fully saturated rings. The van der Waals surface area contributed by atoms with Gasteiger partial charge in [-0.2, -0.15) is 0 Å². The maximum Gasteiger partial charge on any atom is 0.138 e. The Morgan fingerprint density at radius 3 is 3.00 bits per heavy atom. The predicted octanol–water partition coefficient (Wildman–Crippen LogP) is 3.84. The monoisotopic (exact) mass is 293 g/mol. The van der Waals surface area contributed by atoms with E-state index in [0.717, 1.165) is 23.1 Å². The highest BCUT2D eigenvalue weighted by atomic mass is 35.5. The largest absolute Gasteiger partial charge is 0.290 e. The zero-order chi connectivity index (χ0) is 13.2. The van der Waals surface area contributed by atoms with Gasteiger partial charge in [-0.05, 0) is 37.4 Å². The summed E-state index contributed by atoms with van der Waals surface area (Å²) in [7, 11) is 0. The normalized spacial score (nSPS) is 20.0. The van der Waals surface area contributed by atoms with Crippen molar-refractivity contribution in [2.45, 2.75) is 32.4 Å². The van der Waals surface area contributed by atoms with Crippen LogP contribution in [0.25, 0.3) is 0 Å². The Morgan fingerprint density at radius 1 is 1.42 bits per heavy atom. The minimum atomic E-state index is 0.485. The molecule has 1 unspecified atom stereocenters. The van der Waals surface area contributed by atoms with E-state index in [0.29, 0.717) is 6.04 Å². The molecule has 1 saturated heterocycles. The summed E-state index contributed by atoms with van der Waals surface area (Å²) in [4.78, 5) is 2.46. The van der Waals surface area contributed by atoms with Crippen LogP contribution in [0.4, 0.5) is 0 Å². The fourth-order valence-electron chi connectivity index (χ4n) is 2.81. The molecule has 0 radical (unpaired) electrons. The first-order valence-electron chi connectivity index (χ1n) is 6.52. The zero-order valence-electron chi connectivity index (χ0n) is 10.8. The molecule has 5 heteroatoms. The van der Waals surface area contributed by atoms with Crippen LogP contribution in [-0.4, -0.2) is 21.0 Å². The Morgan fingerprint density at radius 2 is 2.26 bits per heavy atom. The van der Waals surface area contributed by atoms with Crippen molar-refractivity contribution in [2.24, 2.45) is 0 Å². The lowest BCUT2D eigenvalue weighted by molar-refractivity contribution is 0.245. The Kier molecular flexibility index (Phi) is 3.82. The first kappa shape index (κ1) is 13.0. The molecule has 1 aromatic heterocycles. The van der Waals surface area contributed by atoms with E-state index in [-0.39, 0.29) is 0 Å². The van der Waals surface area contributed by atoms with E-state index in [9.17, 15) is 0 Å². The predicted molar refractivity (Wildman–Crippen MR) is 78.5 cm³/mol. The number of hydrogen-bond donors (Lipinski definition) is 0. The van der Waals surface area contributed by atoms with Crippen molar-refractivity contribution in [3.63, 3.8) is 0 Å². The summed E-state index contributed by atoms with van der Waals surface area (Å²) in [6.45, 7) is 4.09. The van der Waals surface area contributed by atoms with E-state index in [1.54, 1.807) is 0 Å². The van der Waals surface area contributed by atoms with E-state index < -0.39 is 0 Å². The smallest absolute Gasteiger partial charge is 0.138 e. The second-order valence-corrected chi connectivity index (χ2v) is 6.33. The molecular formula is C14H16ClN3S. The van der Waals surface area contributed by atoms with E-state index >= 15 is 0 Å². The van der Waals surface area contributed by atoms with E-state index in [1.807, 2.05) is 0 Å². The fourth-order valence-corrected chi connectivity index (χ4v) is 3.42. The summed E-state index contributed by atoms with van der Waals surface area (Å²) >= 11 is 7.38. The molecule has 1 aliphatic rings. The molecule has 2 heterocycles. The molecule has 1 aliphatic heterocycles. The zero-order valence-corrected chi connectivity index (χ0v) is 12.4. The minimum absolute atomic E-state index is 0.485. The van der Waals surface area contributed by atoms with Gasteiger partial charge in [-0.1, -0.05) is 40.4 Å². The average molecular weight is 294 g/mol. The van der Waals surface area contributed by atoms with E-state index in [2.05, 4.69) is 45.7 Å². The number of hydrogen-bond acceptors (Lipinski definition) is 4. The highest BCUT2D eigenvalue weighted by molar-refractivity contribution is 7.10. The standard InChI is InChI=1S/C14H16ClN3S/c1-10-5-2-3-6-11(10)13-7-4-8-18(13)9-12-14(15)19-17-16-12/h2-3,5-6,13H,4,7-9H2,1H3. The summed E-state index contributed by atoms with van der Waals surface area (Å²) in [5, 5.41) is 4.12. The van der Waals surface area contributed by atoms with Gasteiger partial charge >= 0.3 is 0 Å². The van der Waals surface area contributed by atoms with Gasteiger partial charge in [-0.3, -0.25) is 4.90 Å². The van der Waals surface area contributed by atoms with E-state index in [1.165, 1.54) is 35.5 Å². The summed E-state index contributed by atoms with van der Waals surface area (Å²) in [5.41, 5.74) is 3.70. The number of benzene rings is 1. The molecule has 19 heavy (non-hydrogen) atoms. The van der Waals surface area contributed by atoms with Crippen molar-refractivity contribution >= 4 is 23.1 Å². The van der Waals surface area contributed by atoms with Crippen LogP contribution in [0.2, 0.25) is 4.34 Å². The van der Waals surface area contributed by atoms with Gasteiger partial charge in [0.05, 0.1) is 0 Å². The third-order valence-corrected chi connectivity index (χ3v) is 4.76. The van der Waals surface area contributed by atoms with Crippen molar-refractivity contribution in [3.8, 4) is 0 Å². The number of aromatic nitrogens is 2. The van der Waals surface area contributed by atoms with E-state index in [4.69, 9.17) is 11.6 Å². The number of nitrogens with zero attached hydrogens (tertiary/aromatic N) is 3. The maximum absolute atomic E-state index is 6.11. The van der Waals surface area contributed by atoms with Crippen LogP contribution in [0.1, 0.15) is 35.7 Å². The van der Waals surface area contributed by atoms with Crippen molar-refractivity contribution in [1.82, 2.24) is 14.5 Å². The summed E-state index contributed by atoms with van der Waals surface area (Å²) in [6.07, 6.45) is 2.44. The summed E-state index contributed by atoms with van der Waals surface area (Å²) < 4.78 is 4.63. The van der Waals surface area contributed by atoms with Gasteiger partial charge in [0.2, 0.25) is 0 Å². The lowest BCUT2D eigenvalue weighted by atomic mass is 9.99. The minimum Gasteiger partial charge on any atom is -0.290 e. The van der Waals surface area contributed by atoms with Gasteiger partial charge in [0.1, 0.15) is 10.0 Å². The third kappa shape index (κ3) is 2.66. The summed E-state index contributed by atoms with van der Waals surface area (Å²) in [6, 6.07) is 9.12. The van der Waals surface area contributed by atoms with Crippen LogP contribution < -0.4 is 0 Å². The lowest BCUT2D eigenvalue weighted by Gasteiger charge is -2.25. The van der Waals surface area contributed by atoms with Gasteiger partial charge in [0.15, 0.2) is 0 Å². The van der Waals surface area contributed by atoms with Gasteiger partial charge in [-0.15, -0.1) is 5.10 Å².